The Morgan fingerprint density at radius 2 is 2.05 bits per heavy atom. The van der Waals surface area contributed by atoms with Crippen molar-refractivity contribution in [2.75, 3.05) is 11.9 Å². The average Bonchev–Trinajstić information content (AvgIpc) is 3.22. The van der Waals surface area contributed by atoms with Crippen LogP contribution in [0.25, 0.3) is 0 Å². The van der Waals surface area contributed by atoms with Crippen LogP contribution in [0.15, 0.2) is 12.1 Å². The summed E-state index contributed by atoms with van der Waals surface area (Å²) in [6.07, 6.45) is 2.47. The lowest BCUT2D eigenvalue weighted by atomic mass is 10.1. The number of amides is 1. The van der Waals surface area contributed by atoms with Gasteiger partial charge in [-0.2, -0.15) is 0 Å². The highest BCUT2D eigenvalue weighted by molar-refractivity contribution is 5.95. The molecule has 1 atom stereocenters. The Bertz CT molecular complexity index is 481. The molecular weight excluding hydrogens is 250 g/mol. The van der Waals surface area contributed by atoms with E-state index in [0.29, 0.717) is 17.4 Å². The van der Waals surface area contributed by atoms with Crippen molar-refractivity contribution in [2.45, 2.75) is 52.5 Å². The monoisotopic (exact) mass is 275 g/mol. The third-order valence-electron chi connectivity index (χ3n) is 3.74. The summed E-state index contributed by atoms with van der Waals surface area (Å²) < 4.78 is 0. The average molecular weight is 275 g/mol. The summed E-state index contributed by atoms with van der Waals surface area (Å²) in [5, 5.41) is 6.29. The van der Waals surface area contributed by atoms with Gasteiger partial charge in [0, 0.05) is 23.8 Å². The molecular formula is C16H25N3O. The van der Waals surface area contributed by atoms with Crippen LogP contribution in [0, 0.1) is 5.92 Å². The van der Waals surface area contributed by atoms with Crippen LogP contribution in [0.5, 0.6) is 0 Å². The van der Waals surface area contributed by atoms with Crippen molar-refractivity contribution in [3.63, 3.8) is 0 Å². The molecule has 1 saturated carbocycles. The second kappa shape index (κ2) is 6.25. The van der Waals surface area contributed by atoms with Gasteiger partial charge in [-0.25, -0.2) is 4.98 Å². The summed E-state index contributed by atoms with van der Waals surface area (Å²) >= 11 is 0. The van der Waals surface area contributed by atoms with Gasteiger partial charge in [0.1, 0.15) is 5.82 Å². The molecule has 0 aromatic carbocycles. The standard InChI is InChI=1S/C16H25N3O/c1-5-17-15-9-13(8-14(19-15)10(2)3)16(20)18-11(4)12-6-7-12/h8-12H,5-7H2,1-4H3,(H,17,19)(H,18,20). The van der Waals surface area contributed by atoms with E-state index in [2.05, 4.69) is 36.4 Å². The van der Waals surface area contributed by atoms with E-state index in [0.717, 1.165) is 18.1 Å². The predicted octanol–water partition coefficient (Wildman–Crippen LogP) is 3.17. The van der Waals surface area contributed by atoms with Crippen LogP contribution in [-0.4, -0.2) is 23.5 Å². The maximum atomic E-state index is 12.4. The maximum Gasteiger partial charge on any atom is 0.251 e. The van der Waals surface area contributed by atoms with Crippen molar-refractivity contribution in [1.82, 2.24) is 10.3 Å². The van der Waals surface area contributed by atoms with E-state index in [-0.39, 0.29) is 11.9 Å². The molecule has 0 spiro atoms. The molecule has 1 amide bonds. The Balaban J connectivity index is 2.17. The third-order valence-corrected chi connectivity index (χ3v) is 3.74. The summed E-state index contributed by atoms with van der Waals surface area (Å²) in [5.74, 6) is 1.76. The van der Waals surface area contributed by atoms with Crippen LogP contribution in [0.4, 0.5) is 5.82 Å². The Hall–Kier alpha value is -1.58. The minimum Gasteiger partial charge on any atom is -0.370 e. The number of pyridine rings is 1. The zero-order valence-electron chi connectivity index (χ0n) is 12.9. The number of anilines is 1. The molecule has 2 rings (SSSR count). The molecule has 0 aliphatic heterocycles. The third kappa shape index (κ3) is 3.71. The van der Waals surface area contributed by atoms with Gasteiger partial charge in [-0.05, 0) is 50.7 Å². The van der Waals surface area contributed by atoms with Crippen LogP contribution in [0.2, 0.25) is 0 Å². The number of hydrogen-bond acceptors (Lipinski definition) is 3. The normalized spacial score (nSPS) is 16.1. The van der Waals surface area contributed by atoms with Crippen LogP contribution < -0.4 is 10.6 Å². The Morgan fingerprint density at radius 3 is 2.60 bits per heavy atom. The summed E-state index contributed by atoms with van der Waals surface area (Å²) in [7, 11) is 0. The number of hydrogen-bond donors (Lipinski definition) is 2. The summed E-state index contributed by atoms with van der Waals surface area (Å²) in [4.78, 5) is 16.9. The Kier molecular flexibility index (Phi) is 4.63. The molecule has 0 radical (unpaired) electrons. The highest BCUT2D eigenvalue weighted by atomic mass is 16.1. The molecule has 4 heteroatoms. The first-order valence-corrected chi connectivity index (χ1v) is 7.58. The highest BCUT2D eigenvalue weighted by Crippen LogP contribution is 2.32. The molecule has 1 unspecified atom stereocenters. The van der Waals surface area contributed by atoms with Crippen molar-refractivity contribution >= 4 is 11.7 Å². The van der Waals surface area contributed by atoms with E-state index in [1.54, 1.807) is 0 Å². The number of nitrogens with zero attached hydrogens (tertiary/aromatic N) is 1. The van der Waals surface area contributed by atoms with Crippen molar-refractivity contribution in [1.29, 1.82) is 0 Å². The molecule has 1 aromatic heterocycles. The summed E-state index contributed by atoms with van der Waals surface area (Å²) in [5.41, 5.74) is 1.65. The second-order valence-electron chi connectivity index (χ2n) is 5.95. The molecule has 1 aromatic rings. The van der Waals surface area contributed by atoms with Gasteiger partial charge in [-0.3, -0.25) is 4.79 Å². The molecule has 1 aliphatic carbocycles. The van der Waals surface area contributed by atoms with Gasteiger partial charge in [0.2, 0.25) is 0 Å². The van der Waals surface area contributed by atoms with Gasteiger partial charge in [-0.15, -0.1) is 0 Å². The number of carbonyl (C=O) groups excluding carboxylic acids is 1. The van der Waals surface area contributed by atoms with E-state index < -0.39 is 0 Å². The summed E-state index contributed by atoms with van der Waals surface area (Å²) in [6.45, 7) is 9.09. The minimum absolute atomic E-state index is 0.00727. The molecule has 20 heavy (non-hydrogen) atoms. The molecule has 110 valence electrons. The maximum absolute atomic E-state index is 12.4. The topological polar surface area (TPSA) is 54.0 Å². The quantitative estimate of drug-likeness (QED) is 0.838. The largest absolute Gasteiger partial charge is 0.370 e. The molecule has 0 bridgehead atoms. The van der Waals surface area contributed by atoms with E-state index >= 15 is 0 Å². The first-order valence-electron chi connectivity index (χ1n) is 7.58. The van der Waals surface area contributed by atoms with Gasteiger partial charge in [0.15, 0.2) is 0 Å². The molecule has 2 N–H and O–H groups in total. The lowest BCUT2D eigenvalue weighted by Gasteiger charge is -2.15. The van der Waals surface area contributed by atoms with Gasteiger partial charge in [0.05, 0.1) is 0 Å². The smallest absolute Gasteiger partial charge is 0.251 e. The molecule has 1 fully saturated rings. The lowest BCUT2D eigenvalue weighted by Crippen LogP contribution is -2.34. The van der Waals surface area contributed by atoms with Crippen LogP contribution >= 0.6 is 0 Å². The minimum atomic E-state index is 0.00727. The van der Waals surface area contributed by atoms with Crippen molar-refractivity contribution in [3.8, 4) is 0 Å². The van der Waals surface area contributed by atoms with Crippen LogP contribution in [-0.2, 0) is 0 Å². The van der Waals surface area contributed by atoms with Gasteiger partial charge in [0.25, 0.3) is 5.91 Å². The lowest BCUT2D eigenvalue weighted by molar-refractivity contribution is 0.0935. The summed E-state index contributed by atoms with van der Waals surface area (Å²) in [6, 6.07) is 4.01. The van der Waals surface area contributed by atoms with E-state index in [1.807, 2.05) is 19.1 Å². The number of aromatic nitrogens is 1. The van der Waals surface area contributed by atoms with Crippen molar-refractivity contribution in [2.24, 2.45) is 5.92 Å². The van der Waals surface area contributed by atoms with Gasteiger partial charge < -0.3 is 10.6 Å². The van der Waals surface area contributed by atoms with Gasteiger partial charge in [-0.1, -0.05) is 13.8 Å². The van der Waals surface area contributed by atoms with Gasteiger partial charge >= 0.3 is 0 Å². The van der Waals surface area contributed by atoms with Crippen molar-refractivity contribution < 1.29 is 4.79 Å². The first-order chi connectivity index (χ1) is 9.51. The Labute approximate surface area is 121 Å². The number of nitrogens with one attached hydrogen (secondary N) is 2. The Morgan fingerprint density at radius 1 is 1.35 bits per heavy atom. The molecule has 0 saturated heterocycles. The van der Waals surface area contributed by atoms with E-state index in [9.17, 15) is 4.79 Å². The molecule has 1 aliphatic rings. The SMILES string of the molecule is CCNc1cc(C(=O)NC(C)C2CC2)cc(C(C)C)n1. The fraction of sp³-hybridized carbons (Fsp3) is 0.625. The van der Waals surface area contributed by atoms with Crippen molar-refractivity contribution in [3.05, 3.63) is 23.4 Å². The fourth-order valence-electron chi connectivity index (χ4n) is 2.25. The second-order valence-corrected chi connectivity index (χ2v) is 5.95. The highest BCUT2D eigenvalue weighted by Gasteiger charge is 2.29. The van der Waals surface area contributed by atoms with E-state index in [4.69, 9.17) is 0 Å². The number of carbonyl (C=O) groups is 1. The number of rotatable bonds is 6. The first kappa shape index (κ1) is 14.8. The molecule has 4 nitrogen and oxygen atoms in total. The zero-order valence-corrected chi connectivity index (χ0v) is 12.9. The van der Waals surface area contributed by atoms with Crippen LogP contribution in [0.3, 0.4) is 0 Å². The zero-order chi connectivity index (χ0) is 14.7. The van der Waals surface area contributed by atoms with Crippen LogP contribution in [0.1, 0.15) is 62.5 Å². The predicted molar refractivity (Wildman–Crippen MR) is 82.1 cm³/mol. The molecule has 1 heterocycles. The van der Waals surface area contributed by atoms with E-state index in [1.165, 1.54) is 12.8 Å². The fourth-order valence-corrected chi connectivity index (χ4v) is 2.25.